The predicted molar refractivity (Wildman–Crippen MR) is 132 cm³/mol. The summed E-state index contributed by atoms with van der Waals surface area (Å²) in [4.78, 5) is 60.4. The van der Waals surface area contributed by atoms with Gasteiger partial charge in [0.25, 0.3) is 11.8 Å². The van der Waals surface area contributed by atoms with E-state index in [4.69, 9.17) is 16.3 Å². The van der Waals surface area contributed by atoms with Crippen molar-refractivity contribution in [3.63, 3.8) is 0 Å². The Kier molecular flexibility index (Phi) is 7.60. The Balaban J connectivity index is 1.40. The van der Waals surface area contributed by atoms with Gasteiger partial charge in [-0.15, -0.1) is 0 Å². The highest BCUT2D eigenvalue weighted by atomic mass is 35.5. The molecule has 1 aromatic rings. The summed E-state index contributed by atoms with van der Waals surface area (Å²) in [6, 6.07) is 4.20. The summed E-state index contributed by atoms with van der Waals surface area (Å²) in [6.07, 6.45) is 1.69. The molecule has 0 saturated carbocycles. The van der Waals surface area contributed by atoms with Crippen molar-refractivity contribution in [3.05, 3.63) is 45.9 Å². The molecule has 4 aliphatic rings. The van der Waals surface area contributed by atoms with Gasteiger partial charge in [0.05, 0.1) is 18.2 Å². The zero-order chi connectivity index (χ0) is 26.1. The summed E-state index contributed by atoms with van der Waals surface area (Å²) in [5.74, 6) is -4.25. The average molecular weight is 533 g/mol. The molecule has 198 valence electrons. The van der Waals surface area contributed by atoms with Crippen molar-refractivity contribution in [1.82, 2.24) is 19.6 Å². The Labute approximate surface area is 219 Å². The third kappa shape index (κ3) is 5.15. The molecule has 3 fully saturated rings. The van der Waals surface area contributed by atoms with E-state index in [1.807, 2.05) is 0 Å². The second-order valence-electron chi connectivity index (χ2n) is 9.84. The van der Waals surface area contributed by atoms with Gasteiger partial charge in [-0.1, -0.05) is 17.7 Å². The summed E-state index contributed by atoms with van der Waals surface area (Å²) >= 11 is 5.89. The van der Waals surface area contributed by atoms with Gasteiger partial charge in [-0.3, -0.25) is 24.1 Å². The SMILES string of the molecule is O=C1C(=O)N2CCCCN(CCN3CCOCC3)C(=O)C2=C2CCN(Cc3ccc(F)c(Cl)c3)C(=O)C12. The fraction of sp³-hybridized carbons (Fsp3) is 0.538. The van der Waals surface area contributed by atoms with Crippen LogP contribution >= 0.6 is 11.6 Å². The van der Waals surface area contributed by atoms with Gasteiger partial charge < -0.3 is 19.4 Å². The molecule has 4 aliphatic heterocycles. The number of likely N-dealkylation sites (tertiary alicyclic amines) is 1. The van der Waals surface area contributed by atoms with Gasteiger partial charge in [0, 0.05) is 52.4 Å². The van der Waals surface area contributed by atoms with Crippen LogP contribution in [0.4, 0.5) is 4.39 Å². The van der Waals surface area contributed by atoms with Gasteiger partial charge in [-0.05, 0) is 42.5 Å². The first-order valence-electron chi connectivity index (χ1n) is 12.8. The van der Waals surface area contributed by atoms with Crippen LogP contribution in [0.15, 0.2) is 29.5 Å². The summed E-state index contributed by atoms with van der Waals surface area (Å²) in [5.41, 5.74) is 1.25. The number of morpholine rings is 1. The molecule has 5 rings (SSSR count). The molecule has 37 heavy (non-hydrogen) atoms. The van der Waals surface area contributed by atoms with E-state index in [-0.39, 0.29) is 36.3 Å². The minimum Gasteiger partial charge on any atom is -0.379 e. The fourth-order valence-electron chi connectivity index (χ4n) is 5.50. The number of halogens is 2. The molecule has 9 nitrogen and oxygen atoms in total. The van der Waals surface area contributed by atoms with Crippen LogP contribution in [0.3, 0.4) is 0 Å². The van der Waals surface area contributed by atoms with E-state index < -0.39 is 29.3 Å². The van der Waals surface area contributed by atoms with Crippen LogP contribution in [0.5, 0.6) is 0 Å². The normalized spacial score (nSPS) is 23.7. The van der Waals surface area contributed by atoms with Crippen molar-refractivity contribution in [2.75, 3.05) is 59.0 Å². The molecule has 4 heterocycles. The molecule has 1 unspecified atom stereocenters. The van der Waals surface area contributed by atoms with E-state index in [0.717, 1.165) is 19.5 Å². The second kappa shape index (κ2) is 10.9. The first kappa shape index (κ1) is 25.8. The van der Waals surface area contributed by atoms with Crippen LogP contribution in [-0.2, 0) is 30.5 Å². The van der Waals surface area contributed by atoms with E-state index in [2.05, 4.69) is 4.90 Å². The molecule has 3 amide bonds. The zero-order valence-corrected chi connectivity index (χ0v) is 21.3. The lowest BCUT2D eigenvalue weighted by Crippen LogP contribution is -2.57. The average Bonchev–Trinajstić information content (AvgIpc) is 2.89. The van der Waals surface area contributed by atoms with Gasteiger partial charge in [-0.2, -0.15) is 0 Å². The topological polar surface area (TPSA) is 90.5 Å². The van der Waals surface area contributed by atoms with E-state index >= 15 is 0 Å². The molecule has 0 bridgehead atoms. The Bertz CT molecular complexity index is 1150. The van der Waals surface area contributed by atoms with Crippen LogP contribution in [0, 0.1) is 11.7 Å². The number of Topliss-reactive ketones (excluding diaryl/α,β-unsaturated/α-hetero) is 1. The number of piperidine rings is 1. The Morgan fingerprint density at radius 3 is 2.43 bits per heavy atom. The fourth-order valence-corrected chi connectivity index (χ4v) is 5.71. The zero-order valence-electron chi connectivity index (χ0n) is 20.6. The number of rotatable bonds is 5. The summed E-state index contributed by atoms with van der Waals surface area (Å²) < 4.78 is 19.0. The predicted octanol–water partition coefficient (Wildman–Crippen LogP) is 1.45. The molecule has 3 saturated heterocycles. The maximum absolute atomic E-state index is 13.8. The number of carbonyl (C=O) groups excluding carboxylic acids is 4. The number of hydrogen-bond donors (Lipinski definition) is 0. The Hall–Kier alpha value is -2.82. The Morgan fingerprint density at radius 1 is 0.919 bits per heavy atom. The molecule has 0 spiro atoms. The number of benzene rings is 1. The second-order valence-corrected chi connectivity index (χ2v) is 10.2. The van der Waals surface area contributed by atoms with E-state index in [1.165, 1.54) is 28.0 Å². The quantitative estimate of drug-likeness (QED) is 0.421. The van der Waals surface area contributed by atoms with Crippen molar-refractivity contribution in [2.45, 2.75) is 25.8 Å². The number of hydrogen-bond acceptors (Lipinski definition) is 6. The van der Waals surface area contributed by atoms with Gasteiger partial charge in [0.15, 0.2) is 0 Å². The van der Waals surface area contributed by atoms with E-state index in [0.29, 0.717) is 56.8 Å². The van der Waals surface area contributed by atoms with Crippen LogP contribution in [0.25, 0.3) is 0 Å². The van der Waals surface area contributed by atoms with Crippen LogP contribution in [0.2, 0.25) is 5.02 Å². The summed E-state index contributed by atoms with van der Waals surface area (Å²) in [7, 11) is 0. The smallest absolute Gasteiger partial charge is 0.295 e. The van der Waals surface area contributed by atoms with Gasteiger partial charge >= 0.3 is 0 Å². The molecule has 0 radical (unpaired) electrons. The molecular weight excluding hydrogens is 503 g/mol. The third-order valence-electron chi connectivity index (χ3n) is 7.55. The van der Waals surface area contributed by atoms with Gasteiger partial charge in [0.1, 0.15) is 17.4 Å². The van der Waals surface area contributed by atoms with Crippen molar-refractivity contribution in [3.8, 4) is 0 Å². The Morgan fingerprint density at radius 2 is 1.68 bits per heavy atom. The van der Waals surface area contributed by atoms with E-state index in [9.17, 15) is 23.6 Å². The van der Waals surface area contributed by atoms with Crippen molar-refractivity contribution >= 4 is 35.1 Å². The first-order valence-corrected chi connectivity index (χ1v) is 13.1. The standard InChI is InChI=1S/C26H30ClFN4O5/c27-19-15-17(3-4-20(19)28)16-31-8-5-18-21(24(31)34)23(33)26(36)32-7-2-1-6-30(25(35)22(18)32)10-9-29-11-13-37-14-12-29/h3-4,15,21H,1-2,5-14,16H2. The minimum atomic E-state index is -1.30. The largest absolute Gasteiger partial charge is 0.379 e. The highest BCUT2D eigenvalue weighted by molar-refractivity contribution is 6.43. The van der Waals surface area contributed by atoms with Crippen LogP contribution in [-0.4, -0.2) is 102 Å². The minimum absolute atomic E-state index is 0.0541. The number of ketones is 1. The van der Waals surface area contributed by atoms with Crippen molar-refractivity contribution < 1.29 is 28.3 Å². The van der Waals surface area contributed by atoms with Gasteiger partial charge in [-0.25, -0.2) is 4.39 Å². The number of ether oxygens (including phenoxy) is 1. The molecule has 0 N–H and O–H groups in total. The molecule has 1 aromatic carbocycles. The highest BCUT2D eigenvalue weighted by Crippen LogP contribution is 2.36. The lowest BCUT2D eigenvalue weighted by atomic mass is 9.81. The highest BCUT2D eigenvalue weighted by Gasteiger charge is 2.50. The molecular formula is C26H30ClFN4O5. The third-order valence-corrected chi connectivity index (χ3v) is 7.84. The monoisotopic (exact) mass is 532 g/mol. The molecule has 0 aromatic heterocycles. The number of carbonyl (C=O) groups is 4. The number of fused-ring (bicyclic) bond motifs is 2. The summed E-state index contributed by atoms with van der Waals surface area (Å²) in [6.45, 7) is 5.39. The maximum Gasteiger partial charge on any atom is 0.295 e. The molecule has 1 atom stereocenters. The van der Waals surface area contributed by atoms with Crippen LogP contribution < -0.4 is 0 Å². The van der Waals surface area contributed by atoms with Gasteiger partial charge in [0.2, 0.25) is 11.7 Å². The molecule has 0 aliphatic carbocycles. The van der Waals surface area contributed by atoms with Crippen LogP contribution in [0.1, 0.15) is 24.8 Å². The first-order chi connectivity index (χ1) is 17.8. The summed E-state index contributed by atoms with van der Waals surface area (Å²) in [5, 5.41) is -0.0541. The lowest BCUT2D eigenvalue weighted by Gasteiger charge is -2.42. The lowest BCUT2D eigenvalue weighted by molar-refractivity contribution is -0.154. The maximum atomic E-state index is 13.8. The van der Waals surface area contributed by atoms with Crippen molar-refractivity contribution in [2.24, 2.45) is 5.92 Å². The van der Waals surface area contributed by atoms with E-state index in [1.54, 1.807) is 4.90 Å². The number of nitrogens with zero attached hydrogens (tertiary/aromatic N) is 4. The molecule has 11 heteroatoms. The number of amides is 3. The van der Waals surface area contributed by atoms with Crippen molar-refractivity contribution in [1.29, 1.82) is 0 Å².